The summed E-state index contributed by atoms with van der Waals surface area (Å²) in [6.07, 6.45) is 3.34. The topological polar surface area (TPSA) is 91.2 Å². The van der Waals surface area contributed by atoms with Crippen molar-refractivity contribution in [3.8, 4) is 17.2 Å². The highest BCUT2D eigenvalue weighted by molar-refractivity contribution is 7.07. The number of carbonyl (C=O) groups is 1. The predicted octanol–water partition coefficient (Wildman–Crippen LogP) is 5.50. The van der Waals surface area contributed by atoms with Crippen LogP contribution < -0.4 is 34.4 Å². The minimum Gasteiger partial charge on any atom is -0.494 e. The molecule has 3 aromatic carbocycles. The van der Waals surface area contributed by atoms with Gasteiger partial charge in [0, 0.05) is 5.69 Å². The number of rotatable bonds is 10. The first-order valence-corrected chi connectivity index (χ1v) is 14.8. The number of benzene rings is 3. The maximum Gasteiger partial charge on any atom is 0.271 e. The Morgan fingerprint density at radius 2 is 1.88 bits per heavy atom. The molecule has 0 unspecified atom stereocenters. The van der Waals surface area contributed by atoms with E-state index in [0.29, 0.717) is 60.7 Å². The first-order valence-electron chi connectivity index (χ1n) is 13.6. The van der Waals surface area contributed by atoms with Crippen LogP contribution in [-0.4, -0.2) is 30.8 Å². The van der Waals surface area contributed by atoms with E-state index < -0.39 is 6.04 Å². The predicted molar refractivity (Wildman–Crippen MR) is 170 cm³/mol. The number of amides is 1. The molecule has 1 amide bonds. The average molecular weight is 616 g/mol. The van der Waals surface area contributed by atoms with Crippen molar-refractivity contribution in [1.29, 1.82) is 0 Å². The average Bonchev–Trinajstić information content (AvgIpc) is 3.30. The number of halogens is 1. The normalized spacial score (nSPS) is 14.5. The molecule has 0 fully saturated rings. The van der Waals surface area contributed by atoms with Crippen molar-refractivity contribution in [2.75, 3.05) is 25.6 Å². The highest BCUT2D eigenvalue weighted by atomic mass is 35.5. The van der Waals surface area contributed by atoms with Crippen LogP contribution >= 0.6 is 22.9 Å². The third-order valence-corrected chi connectivity index (χ3v) is 7.96. The minimum absolute atomic E-state index is 0.263. The highest BCUT2D eigenvalue weighted by Crippen LogP contribution is 2.37. The monoisotopic (exact) mass is 615 g/mol. The van der Waals surface area contributed by atoms with Crippen LogP contribution in [0.5, 0.6) is 17.2 Å². The van der Waals surface area contributed by atoms with E-state index in [9.17, 15) is 9.59 Å². The number of hydrogen-bond donors (Lipinski definition) is 1. The number of anilines is 1. The molecule has 0 spiro atoms. The number of para-hydroxylation sites is 1. The number of ether oxygens (including phenoxy) is 3. The summed E-state index contributed by atoms with van der Waals surface area (Å²) in [6, 6.07) is 19.3. The van der Waals surface area contributed by atoms with Gasteiger partial charge in [0.05, 0.1) is 40.6 Å². The summed E-state index contributed by atoms with van der Waals surface area (Å²) in [5, 5.41) is 3.30. The third kappa shape index (κ3) is 6.28. The molecule has 220 valence electrons. The van der Waals surface area contributed by atoms with Gasteiger partial charge in [0.1, 0.15) is 12.4 Å². The number of aromatic nitrogens is 1. The first kappa shape index (κ1) is 29.9. The van der Waals surface area contributed by atoms with E-state index in [0.717, 1.165) is 5.56 Å². The van der Waals surface area contributed by atoms with Gasteiger partial charge in [0.25, 0.3) is 11.5 Å². The van der Waals surface area contributed by atoms with E-state index in [1.165, 1.54) is 18.4 Å². The van der Waals surface area contributed by atoms with Gasteiger partial charge < -0.3 is 19.5 Å². The Labute approximate surface area is 257 Å². The van der Waals surface area contributed by atoms with Crippen molar-refractivity contribution in [2.24, 2.45) is 4.99 Å². The highest BCUT2D eigenvalue weighted by Gasteiger charge is 2.32. The zero-order chi connectivity index (χ0) is 30.5. The Hall–Kier alpha value is -4.60. The lowest BCUT2D eigenvalue weighted by Crippen LogP contribution is -2.40. The van der Waals surface area contributed by atoms with Gasteiger partial charge >= 0.3 is 0 Å². The molecule has 10 heteroatoms. The largest absolute Gasteiger partial charge is 0.494 e. The van der Waals surface area contributed by atoms with Gasteiger partial charge in [-0.05, 0) is 67.4 Å². The fraction of sp³-hybridized carbons (Fsp3) is 0.182. The quantitative estimate of drug-likeness (QED) is 0.238. The summed E-state index contributed by atoms with van der Waals surface area (Å²) in [5.41, 5.74) is 2.64. The number of nitrogens with one attached hydrogen (secondary N) is 1. The maximum atomic E-state index is 14.1. The number of allylic oxidation sites excluding steroid dienone is 1. The molecule has 0 radical (unpaired) electrons. The second-order valence-corrected chi connectivity index (χ2v) is 11.0. The Morgan fingerprint density at radius 1 is 1.14 bits per heavy atom. The lowest BCUT2D eigenvalue weighted by atomic mass is 9.95. The molecule has 4 aromatic rings. The Balaban J connectivity index is 1.64. The fourth-order valence-electron chi connectivity index (χ4n) is 4.82. The minimum atomic E-state index is -0.717. The van der Waals surface area contributed by atoms with Crippen molar-refractivity contribution in [2.45, 2.75) is 19.9 Å². The molecule has 2 heterocycles. The van der Waals surface area contributed by atoms with Crippen LogP contribution in [0.4, 0.5) is 5.69 Å². The van der Waals surface area contributed by atoms with Crippen molar-refractivity contribution < 1.29 is 19.0 Å². The molecule has 1 atom stereocenters. The number of nitrogens with zero attached hydrogens (tertiary/aromatic N) is 2. The Morgan fingerprint density at radius 3 is 2.56 bits per heavy atom. The van der Waals surface area contributed by atoms with Crippen molar-refractivity contribution in [3.63, 3.8) is 0 Å². The van der Waals surface area contributed by atoms with Gasteiger partial charge in [-0.15, -0.1) is 0 Å². The number of carbonyl (C=O) groups excluding carboxylic acids is 1. The molecule has 0 aliphatic carbocycles. The van der Waals surface area contributed by atoms with Crippen LogP contribution in [0.3, 0.4) is 0 Å². The van der Waals surface area contributed by atoms with E-state index in [4.69, 9.17) is 30.8 Å². The van der Waals surface area contributed by atoms with E-state index in [1.807, 2.05) is 61.5 Å². The summed E-state index contributed by atoms with van der Waals surface area (Å²) in [7, 11) is 1.52. The van der Waals surface area contributed by atoms with Crippen LogP contribution in [0.2, 0.25) is 5.02 Å². The van der Waals surface area contributed by atoms with Crippen LogP contribution in [0.15, 0.2) is 100 Å². The molecule has 0 saturated heterocycles. The molecule has 8 nitrogen and oxygen atoms in total. The molecule has 0 bridgehead atoms. The zero-order valence-electron chi connectivity index (χ0n) is 23.9. The molecule has 1 aromatic heterocycles. The molecule has 1 aliphatic heterocycles. The van der Waals surface area contributed by atoms with E-state index in [-0.39, 0.29) is 18.1 Å². The molecule has 43 heavy (non-hydrogen) atoms. The summed E-state index contributed by atoms with van der Waals surface area (Å²) in [5.74, 6) is 1.17. The summed E-state index contributed by atoms with van der Waals surface area (Å²) in [4.78, 5) is 33.0. The lowest BCUT2D eigenvalue weighted by molar-refractivity contribution is -0.113. The standard InChI is InChI=1S/C33H30ClN3O5S/c1-5-16-42-30-25(34)17-21(18-26(30)40-4)19-27-32(39)37-29(22-12-14-24(15-13-22)41-6-2)28(20(3)35-33(37)43-27)31(38)36-23-10-8-7-9-11-23/h5,7-15,17-19,29H,1,6,16H2,2-4H3,(H,36,38)/b27-19-/t29-/m0/s1. The number of methoxy groups -OCH3 is 1. The van der Waals surface area contributed by atoms with Gasteiger partial charge in [0.2, 0.25) is 0 Å². The van der Waals surface area contributed by atoms with Gasteiger partial charge in [0.15, 0.2) is 16.3 Å². The zero-order valence-corrected chi connectivity index (χ0v) is 25.5. The second kappa shape index (κ2) is 13.1. The Bertz CT molecular complexity index is 1880. The smallest absolute Gasteiger partial charge is 0.271 e. The van der Waals surface area contributed by atoms with E-state index in [1.54, 1.807) is 35.8 Å². The summed E-state index contributed by atoms with van der Waals surface area (Å²) >= 11 is 7.75. The number of thiazole rings is 1. The number of fused-ring (bicyclic) bond motifs is 1. The fourth-order valence-corrected chi connectivity index (χ4v) is 6.14. The molecular formula is C33H30ClN3O5S. The molecule has 5 rings (SSSR count). The molecule has 1 N–H and O–H groups in total. The summed E-state index contributed by atoms with van der Waals surface area (Å²) < 4.78 is 18.8. The lowest BCUT2D eigenvalue weighted by Gasteiger charge is -2.25. The second-order valence-electron chi connectivity index (χ2n) is 9.54. The first-order chi connectivity index (χ1) is 20.8. The van der Waals surface area contributed by atoms with Crippen LogP contribution in [0, 0.1) is 0 Å². The van der Waals surface area contributed by atoms with Gasteiger partial charge in [-0.3, -0.25) is 14.2 Å². The van der Waals surface area contributed by atoms with Gasteiger partial charge in [-0.2, -0.15) is 0 Å². The molecule has 0 saturated carbocycles. The van der Waals surface area contributed by atoms with Crippen molar-refractivity contribution in [1.82, 2.24) is 4.57 Å². The third-order valence-electron chi connectivity index (χ3n) is 6.70. The van der Waals surface area contributed by atoms with Crippen molar-refractivity contribution in [3.05, 3.63) is 126 Å². The van der Waals surface area contributed by atoms with Crippen LogP contribution in [0.1, 0.15) is 31.0 Å². The molecule has 1 aliphatic rings. The SMILES string of the molecule is C=CCOc1c(Cl)cc(/C=c2\sc3n(c2=O)[C@@H](c2ccc(OCC)cc2)C(C(=O)Nc2ccccc2)=C(C)N=3)cc1OC. The number of hydrogen-bond acceptors (Lipinski definition) is 7. The van der Waals surface area contributed by atoms with Gasteiger partial charge in [-0.1, -0.05) is 65.9 Å². The van der Waals surface area contributed by atoms with Crippen molar-refractivity contribution >= 4 is 40.6 Å². The van der Waals surface area contributed by atoms with Gasteiger partial charge in [-0.25, -0.2) is 4.99 Å². The van der Waals surface area contributed by atoms with E-state index in [2.05, 4.69) is 11.9 Å². The Kier molecular flexibility index (Phi) is 9.13. The maximum absolute atomic E-state index is 14.1. The van der Waals surface area contributed by atoms with Crippen LogP contribution in [-0.2, 0) is 4.79 Å². The molecular weight excluding hydrogens is 586 g/mol. The van der Waals surface area contributed by atoms with E-state index >= 15 is 0 Å². The van der Waals surface area contributed by atoms with Crippen LogP contribution in [0.25, 0.3) is 6.08 Å². The summed E-state index contributed by atoms with van der Waals surface area (Å²) in [6.45, 7) is 8.14.